The Balaban J connectivity index is 1.84. The van der Waals surface area contributed by atoms with Crippen LogP contribution >= 0.6 is 0 Å². The van der Waals surface area contributed by atoms with Gasteiger partial charge in [0.2, 0.25) is 11.7 Å². The molecule has 0 aliphatic rings. The Labute approximate surface area is 158 Å². The largest absolute Gasteiger partial charge is 0.492 e. The lowest BCUT2D eigenvalue weighted by molar-refractivity contribution is 0.0599. The number of carbonyl (C=O) groups excluding carboxylic acids is 2. The number of ether oxygens (including phenoxy) is 1. The van der Waals surface area contributed by atoms with E-state index in [1.807, 2.05) is 0 Å². The number of imidazole rings is 1. The fourth-order valence-electron chi connectivity index (χ4n) is 2.61. The second-order valence-corrected chi connectivity index (χ2v) is 5.91. The molecule has 3 N–H and O–H groups in total. The van der Waals surface area contributed by atoms with Gasteiger partial charge in [-0.05, 0) is 24.6 Å². The van der Waals surface area contributed by atoms with Crippen LogP contribution in [0.3, 0.4) is 0 Å². The van der Waals surface area contributed by atoms with E-state index in [-0.39, 0.29) is 17.2 Å². The molecule has 0 saturated heterocycles. The Morgan fingerprint density at radius 2 is 1.86 bits per heavy atom. The van der Waals surface area contributed by atoms with Gasteiger partial charge in [-0.3, -0.25) is 9.20 Å². The first kappa shape index (κ1) is 18.8. The lowest BCUT2D eigenvalue weighted by Gasteiger charge is -2.15. The Kier molecular flexibility index (Phi) is 4.94. The fourth-order valence-corrected chi connectivity index (χ4v) is 2.61. The normalized spacial score (nSPS) is 11.8. The van der Waals surface area contributed by atoms with Gasteiger partial charge in [0.05, 0.1) is 24.9 Å². The number of carboxylic acids is 1. The lowest BCUT2D eigenvalue weighted by atomic mass is 10.1. The van der Waals surface area contributed by atoms with Crippen molar-refractivity contribution in [2.75, 3.05) is 7.11 Å². The first-order valence-corrected chi connectivity index (χ1v) is 8.11. The molecule has 0 radical (unpaired) electrons. The van der Waals surface area contributed by atoms with Crippen LogP contribution in [0.25, 0.3) is 5.78 Å². The van der Waals surface area contributed by atoms with Crippen molar-refractivity contribution in [2.45, 2.75) is 13.0 Å². The number of nitrogens with zero attached hydrogens (tertiary/aromatic N) is 3. The number of hydrogen-bond donors (Lipinski definition) is 3. The minimum Gasteiger partial charge on any atom is -0.492 e. The second kappa shape index (κ2) is 7.35. The van der Waals surface area contributed by atoms with Gasteiger partial charge in [0, 0.05) is 6.07 Å². The summed E-state index contributed by atoms with van der Waals surface area (Å²) in [5, 5.41) is 21.5. The predicted octanol–water partition coefficient (Wildman–Crippen LogP) is 1.41. The highest BCUT2D eigenvalue weighted by Gasteiger charge is 2.19. The number of carboxylic acid groups (broad SMARTS) is 1. The van der Waals surface area contributed by atoms with Crippen LogP contribution in [-0.4, -0.2) is 49.5 Å². The summed E-state index contributed by atoms with van der Waals surface area (Å²) >= 11 is 0. The number of carbonyl (C=O) groups is 3. The lowest BCUT2D eigenvalue weighted by Crippen LogP contribution is -2.28. The molecule has 1 amide bonds. The highest BCUT2D eigenvalue weighted by molar-refractivity contribution is 5.96. The predicted molar refractivity (Wildman–Crippen MR) is 95.3 cm³/mol. The van der Waals surface area contributed by atoms with Crippen molar-refractivity contribution in [3.8, 4) is 5.88 Å². The van der Waals surface area contributed by atoms with Crippen molar-refractivity contribution < 1.29 is 29.3 Å². The summed E-state index contributed by atoms with van der Waals surface area (Å²) in [6, 6.07) is 7.14. The summed E-state index contributed by atoms with van der Waals surface area (Å²) in [7, 11) is 1.29. The van der Waals surface area contributed by atoms with Gasteiger partial charge in [-0.15, -0.1) is 0 Å². The van der Waals surface area contributed by atoms with Crippen LogP contribution in [0, 0.1) is 0 Å². The van der Waals surface area contributed by atoms with Crippen molar-refractivity contribution in [3.05, 3.63) is 59.0 Å². The van der Waals surface area contributed by atoms with E-state index in [0.717, 1.165) is 22.2 Å². The van der Waals surface area contributed by atoms with E-state index in [9.17, 15) is 24.6 Å². The SMILES string of the molecule is COC(=O)c1ccc([C@@H](C)NC(=O)c2cc(C(=O)O)n3cc(O)nc3n2)cc1. The Morgan fingerprint density at radius 3 is 2.46 bits per heavy atom. The number of nitrogens with one attached hydrogen (secondary N) is 1. The number of aromatic nitrogens is 3. The Hall–Kier alpha value is -3.95. The van der Waals surface area contributed by atoms with E-state index in [1.165, 1.54) is 7.11 Å². The first-order chi connectivity index (χ1) is 13.3. The number of methoxy groups -OCH3 is 1. The molecule has 10 heteroatoms. The number of benzene rings is 1. The maximum atomic E-state index is 12.5. The number of aromatic carboxylic acids is 1. The molecule has 3 aromatic rings. The van der Waals surface area contributed by atoms with Crippen LogP contribution < -0.4 is 5.32 Å². The van der Waals surface area contributed by atoms with Gasteiger partial charge in [0.1, 0.15) is 11.4 Å². The molecule has 28 heavy (non-hydrogen) atoms. The van der Waals surface area contributed by atoms with Crippen LogP contribution in [-0.2, 0) is 4.74 Å². The minimum absolute atomic E-state index is 0.113. The van der Waals surface area contributed by atoms with Crippen LogP contribution in [0.2, 0.25) is 0 Å². The highest BCUT2D eigenvalue weighted by atomic mass is 16.5. The number of hydrogen-bond acceptors (Lipinski definition) is 7. The molecule has 2 aromatic heterocycles. The zero-order chi connectivity index (χ0) is 20.4. The van der Waals surface area contributed by atoms with E-state index < -0.39 is 29.8 Å². The number of esters is 1. The average molecular weight is 384 g/mol. The molecule has 10 nitrogen and oxygen atoms in total. The van der Waals surface area contributed by atoms with Crippen LogP contribution in [0.5, 0.6) is 5.88 Å². The summed E-state index contributed by atoms with van der Waals surface area (Å²) < 4.78 is 5.71. The molecule has 0 aliphatic heterocycles. The average Bonchev–Trinajstić information content (AvgIpc) is 3.06. The Bertz CT molecular complexity index is 1070. The molecule has 1 atom stereocenters. The first-order valence-electron chi connectivity index (χ1n) is 8.11. The zero-order valence-corrected chi connectivity index (χ0v) is 14.9. The van der Waals surface area contributed by atoms with Gasteiger partial charge in [-0.25, -0.2) is 14.6 Å². The summed E-state index contributed by atoms with van der Waals surface area (Å²) in [4.78, 5) is 43.1. The quantitative estimate of drug-likeness (QED) is 0.560. The van der Waals surface area contributed by atoms with E-state index in [0.29, 0.717) is 5.56 Å². The van der Waals surface area contributed by atoms with Gasteiger partial charge in [0.15, 0.2) is 0 Å². The standard InChI is InChI=1S/C18H16N4O6/c1-9(10-3-5-11(6-4-10)17(27)28-2)19-15(24)12-7-13(16(25)26)22-8-14(23)21-18(22)20-12/h3-9,23H,1-2H3,(H,19,24)(H,25,26)/t9-/m1/s1. The molecule has 144 valence electrons. The molecular weight excluding hydrogens is 368 g/mol. The number of fused-ring (bicyclic) bond motifs is 1. The third-order valence-corrected chi connectivity index (χ3v) is 4.06. The molecule has 0 spiro atoms. The summed E-state index contributed by atoms with van der Waals surface area (Å²) in [5.74, 6) is -2.91. The van der Waals surface area contributed by atoms with E-state index >= 15 is 0 Å². The van der Waals surface area contributed by atoms with Crippen molar-refractivity contribution in [2.24, 2.45) is 0 Å². The van der Waals surface area contributed by atoms with Crippen LogP contribution in [0.1, 0.15) is 49.9 Å². The highest BCUT2D eigenvalue weighted by Crippen LogP contribution is 2.17. The monoisotopic (exact) mass is 384 g/mol. The van der Waals surface area contributed by atoms with Crippen molar-refractivity contribution in [3.63, 3.8) is 0 Å². The molecule has 2 heterocycles. The second-order valence-electron chi connectivity index (χ2n) is 5.91. The van der Waals surface area contributed by atoms with Crippen molar-refractivity contribution in [1.82, 2.24) is 19.7 Å². The molecule has 0 unspecified atom stereocenters. The molecule has 0 bridgehead atoms. The van der Waals surface area contributed by atoms with Crippen molar-refractivity contribution in [1.29, 1.82) is 0 Å². The van der Waals surface area contributed by atoms with Gasteiger partial charge < -0.3 is 20.3 Å². The Morgan fingerprint density at radius 1 is 1.18 bits per heavy atom. The third-order valence-electron chi connectivity index (χ3n) is 4.06. The van der Waals surface area contributed by atoms with Gasteiger partial charge in [-0.2, -0.15) is 4.98 Å². The summed E-state index contributed by atoms with van der Waals surface area (Å²) in [6.07, 6.45) is 1.10. The van der Waals surface area contributed by atoms with Crippen LogP contribution in [0.15, 0.2) is 36.5 Å². The number of amides is 1. The minimum atomic E-state index is -1.30. The van der Waals surface area contributed by atoms with Gasteiger partial charge >= 0.3 is 11.9 Å². The topological polar surface area (TPSA) is 143 Å². The molecule has 0 fully saturated rings. The fraction of sp³-hybridized carbons (Fsp3) is 0.167. The zero-order valence-electron chi connectivity index (χ0n) is 14.9. The summed E-state index contributed by atoms with van der Waals surface area (Å²) in [6.45, 7) is 1.73. The maximum Gasteiger partial charge on any atom is 0.353 e. The van der Waals surface area contributed by atoms with Gasteiger partial charge in [0.25, 0.3) is 5.91 Å². The third kappa shape index (κ3) is 3.61. The molecular formula is C18H16N4O6. The van der Waals surface area contributed by atoms with E-state index in [4.69, 9.17) is 0 Å². The smallest absolute Gasteiger partial charge is 0.353 e. The molecule has 1 aromatic carbocycles. The number of aromatic hydroxyl groups is 1. The number of rotatable bonds is 5. The summed E-state index contributed by atoms with van der Waals surface area (Å²) in [5.41, 5.74) is 0.674. The molecule has 3 rings (SSSR count). The molecule has 0 saturated carbocycles. The molecule has 0 aliphatic carbocycles. The van der Waals surface area contributed by atoms with Gasteiger partial charge in [-0.1, -0.05) is 12.1 Å². The maximum absolute atomic E-state index is 12.5. The van der Waals surface area contributed by atoms with Crippen LogP contribution in [0.4, 0.5) is 0 Å². The van der Waals surface area contributed by atoms with E-state index in [1.54, 1.807) is 31.2 Å². The van der Waals surface area contributed by atoms with Crippen molar-refractivity contribution >= 4 is 23.6 Å². The van der Waals surface area contributed by atoms with E-state index in [2.05, 4.69) is 20.0 Å².